The minimum atomic E-state index is -0.529. The third-order valence-corrected chi connectivity index (χ3v) is 4.06. The van der Waals surface area contributed by atoms with Crippen molar-refractivity contribution in [3.63, 3.8) is 0 Å². The zero-order valence-corrected chi connectivity index (χ0v) is 14.4. The molecule has 0 radical (unpaired) electrons. The molecule has 0 saturated heterocycles. The van der Waals surface area contributed by atoms with Gasteiger partial charge >= 0.3 is 0 Å². The summed E-state index contributed by atoms with van der Waals surface area (Å²) in [5, 5.41) is 20.5. The number of aryl methyl sites for hydroxylation is 1. The molecule has 0 unspecified atom stereocenters. The van der Waals surface area contributed by atoms with E-state index in [0.29, 0.717) is 5.56 Å². The van der Waals surface area contributed by atoms with Gasteiger partial charge in [0.15, 0.2) is 0 Å². The average Bonchev–Trinajstić information content (AvgIpc) is 2.87. The number of aromatic nitrogens is 1. The molecule has 1 heterocycles. The number of nitro benzene ring substituents is 1. The van der Waals surface area contributed by atoms with Crippen LogP contribution in [0.25, 0.3) is 6.08 Å². The van der Waals surface area contributed by atoms with Crippen LogP contribution >= 0.6 is 0 Å². The zero-order valence-electron chi connectivity index (χ0n) is 14.4. The summed E-state index contributed by atoms with van der Waals surface area (Å²) in [4.78, 5) is 23.4. The Hall–Kier alpha value is -3.20. The molecule has 128 valence electrons. The summed E-state index contributed by atoms with van der Waals surface area (Å²) in [5.74, 6) is -0.420. The molecule has 1 aromatic carbocycles. The van der Waals surface area contributed by atoms with Gasteiger partial charge in [-0.2, -0.15) is 5.26 Å². The van der Waals surface area contributed by atoms with E-state index in [4.69, 9.17) is 0 Å². The number of carbonyl (C=O) groups is 1. The number of hydrogen-bond donors (Lipinski definition) is 0. The fourth-order valence-corrected chi connectivity index (χ4v) is 2.82. The van der Waals surface area contributed by atoms with Crippen LogP contribution in [0.5, 0.6) is 0 Å². The number of nitrogens with zero attached hydrogens (tertiary/aromatic N) is 3. The topological polar surface area (TPSA) is 88.9 Å². The molecule has 0 aliphatic carbocycles. The Morgan fingerprint density at radius 3 is 2.64 bits per heavy atom. The van der Waals surface area contributed by atoms with Crippen LogP contribution in [0.1, 0.15) is 40.7 Å². The molecule has 0 N–H and O–H groups in total. The first-order valence-electron chi connectivity index (χ1n) is 7.97. The number of benzene rings is 1. The van der Waals surface area contributed by atoms with Gasteiger partial charge in [-0.1, -0.05) is 19.1 Å². The first-order chi connectivity index (χ1) is 11.9. The number of rotatable bonds is 6. The molecule has 0 atom stereocenters. The first kappa shape index (κ1) is 18.1. The minimum absolute atomic E-state index is 0.119. The lowest BCUT2D eigenvalue weighted by molar-refractivity contribution is -0.385. The third-order valence-electron chi connectivity index (χ3n) is 4.06. The fraction of sp³-hybridized carbons (Fsp3) is 0.263. The van der Waals surface area contributed by atoms with Crippen molar-refractivity contribution in [1.29, 1.82) is 5.26 Å². The van der Waals surface area contributed by atoms with E-state index in [0.717, 1.165) is 24.4 Å². The minimum Gasteiger partial charge on any atom is -0.348 e. The van der Waals surface area contributed by atoms with Crippen molar-refractivity contribution in [2.24, 2.45) is 0 Å². The lowest BCUT2D eigenvalue weighted by Gasteiger charge is -2.07. The van der Waals surface area contributed by atoms with Crippen molar-refractivity contribution in [3.8, 4) is 6.07 Å². The standard InChI is InChI=1S/C19H19N3O3/c1-4-9-21-13(2)10-17(14(21)3)19(23)16(12-20)11-15-7-5-6-8-18(15)22(24)25/h5-8,10-11H,4,9H2,1-3H3. The van der Waals surface area contributed by atoms with Crippen LogP contribution in [0.2, 0.25) is 0 Å². The third kappa shape index (κ3) is 3.66. The molecule has 0 spiro atoms. The van der Waals surface area contributed by atoms with Gasteiger partial charge in [-0.3, -0.25) is 14.9 Å². The average molecular weight is 337 g/mol. The van der Waals surface area contributed by atoms with Crippen molar-refractivity contribution in [1.82, 2.24) is 4.57 Å². The molecule has 2 rings (SSSR count). The summed E-state index contributed by atoms with van der Waals surface area (Å²) in [6.07, 6.45) is 2.22. The predicted octanol–water partition coefficient (Wildman–Crippen LogP) is 4.21. The molecular formula is C19H19N3O3. The molecule has 0 saturated carbocycles. The summed E-state index contributed by atoms with van der Waals surface area (Å²) >= 11 is 0. The zero-order chi connectivity index (χ0) is 18.6. The van der Waals surface area contributed by atoms with Crippen LogP contribution in [0.15, 0.2) is 35.9 Å². The quantitative estimate of drug-likeness (QED) is 0.260. The van der Waals surface area contributed by atoms with E-state index >= 15 is 0 Å². The molecule has 25 heavy (non-hydrogen) atoms. The first-order valence-corrected chi connectivity index (χ1v) is 7.97. The summed E-state index contributed by atoms with van der Waals surface area (Å²) in [7, 11) is 0. The lowest BCUT2D eigenvalue weighted by atomic mass is 10.0. The van der Waals surface area contributed by atoms with Gasteiger partial charge in [-0.05, 0) is 38.5 Å². The lowest BCUT2D eigenvalue weighted by Crippen LogP contribution is -2.06. The second-order valence-corrected chi connectivity index (χ2v) is 5.75. The highest BCUT2D eigenvalue weighted by Gasteiger charge is 2.20. The van der Waals surface area contributed by atoms with Gasteiger partial charge in [0.2, 0.25) is 5.78 Å². The number of nitriles is 1. The number of ketones is 1. The van der Waals surface area contributed by atoms with E-state index in [1.54, 1.807) is 18.2 Å². The van der Waals surface area contributed by atoms with E-state index in [1.165, 1.54) is 18.2 Å². The van der Waals surface area contributed by atoms with E-state index in [2.05, 4.69) is 6.92 Å². The maximum Gasteiger partial charge on any atom is 0.276 e. The molecule has 6 nitrogen and oxygen atoms in total. The van der Waals surface area contributed by atoms with E-state index in [9.17, 15) is 20.2 Å². The number of hydrogen-bond acceptors (Lipinski definition) is 4. The number of carbonyl (C=O) groups excluding carboxylic acids is 1. The Labute approximate surface area is 146 Å². The van der Waals surface area contributed by atoms with Crippen LogP contribution < -0.4 is 0 Å². The van der Waals surface area contributed by atoms with Gasteiger partial charge in [0.05, 0.1) is 10.5 Å². The van der Waals surface area contributed by atoms with Crippen LogP contribution in [0, 0.1) is 35.3 Å². The SMILES string of the molecule is CCCn1c(C)cc(C(=O)C(C#N)=Cc2ccccc2[N+](=O)[O-])c1C. The van der Waals surface area contributed by atoms with E-state index in [-0.39, 0.29) is 16.8 Å². The smallest absolute Gasteiger partial charge is 0.276 e. The second-order valence-electron chi connectivity index (χ2n) is 5.75. The van der Waals surface area contributed by atoms with Crippen molar-refractivity contribution >= 4 is 17.5 Å². The number of nitro groups is 1. The molecule has 2 aromatic rings. The van der Waals surface area contributed by atoms with Gasteiger partial charge < -0.3 is 4.57 Å². The maximum absolute atomic E-state index is 12.8. The van der Waals surface area contributed by atoms with E-state index < -0.39 is 10.7 Å². The maximum atomic E-state index is 12.8. The molecule has 0 aliphatic heterocycles. The van der Waals surface area contributed by atoms with Gasteiger partial charge in [-0.15, -0.1) is 0 Å². The van der Waals surface area contributed by atoms with Crippen LogP contribution in [0.4, 0.5) is 5.69 Å². The highest BCUT2D eigenvalue weighted by atomic mass is 16.6. The van der Waals surface area contributed by atoms with Crippen LogP contribution in [-0.4, -0.2) is 15.3 Å². The Morgan fingerprint density at radius 1 is 1.36 bits per heavy atom. The summed E-state index contributed by atoms with van der Waals surface area (Å²) in [6.45, 7) is 6.60. The highest BCUT2D eigenvalue weighted by molar-refractivity contribution is 6.15. The Bertz CT molecular complexity index is 901. The molecule has 0 aliphatic rings. The normalized spacial score (nSPS) is 11.2. The monoisotopic (exact) mass is 337 g/mol. The summed E-state index contributed by atoms with van der Waals surface area (Å²) in [6, 6.07) is 9.68. The highest BCUT2D eigenvalue weighted by Crippen LogP contribution is 2.24. The second kappa shape index (κ2) is 7.58. The number of Topliss-reactive ketones (excluding diaryl/α,β-unsaturated/α-hetero) is 1. The van der Waals surface area contributed by atoms with Crippen molar-refractivity contribution in [3.05, 3.63) is 68.5 Å². The van der Waals surface area contributed by atoms with Gasteiger partial charge in [0.25, 0.3) is 5.69 Å². The number of para-hydroxylation sites is 1. The Balaban J connectivity index is 2.49. The molecule has 0 bridgehead atoms. The van der Waals surface area contributed by atoms with Gasteiger partial charge in [-0.25, -0.2) is 0 Å². The van der Waals surface area contributed by atoms with Crippen LogP contribution in [0.3, 0.4) is 0 Å². The summed E-state index contributed by atoms with van der Waals surface area (Å²) in [5.41, 5.74) is 2.18. The Kier molecular flexibility index (Phi) is 5.50. The van der Waals surface area contributed by atoms with Gasteiger partial charge in [0, 0.05) is 29.6 Å². The molecule has 1 aromatic heterocycles. The predicted molar refractivity (Wildman–Crippen MR) is 95.2 cm³/mol. The molecule has 0 fully saturated rings. The van der Waals surface area contributed by atoms with Crippen LogP contribution in [-0.2, 0) is 6.54 Å². The molecule has 6 heteroatoms. The van der Waals surface area contributed by atoms with Crippen molar-refractivity contribution in [2.75, 3.05) is 0 Å². The fourth-order valence-electron chi connectivity index (χ4n) is 2.82. The van der Waals surface area contributed by atoms with E-state index in [1.807, 2.05) is 24.5 Å². The van der Waals surface area contributed by atoms with Crippen molar-refractivity contribution < 1.29 is 9.72 Å². The molecular weight excluding hydrogens is 318 g/mol. The molecule has 0 amide bonds. The van der Waals surface area contributed by atoms with Crippen molar-refractivity contribution in [2.45, 2.75) is 33.7 Å². The number of allylic oxidation sites excluding steroid dienone is 1. The summed E-state index contributed by atoms with van der Waals surface area (Å²) < 4.78 is 2.03. The largest absolute Gasteiger partial charge is 0.348 e. The Morgan fingerprint density at radius 2 is 2.04 bits per heavy atom. The van der Waals surface area contributed by atoms with Gasteiger partial charge in [0.1, 0.15) is 11.6 Å².